The average molecular weight is 552 g/mol. The summed E-state index contributed by atoms with van der Waals surface area (Å²) in [5.74, 6) is -0.581. The van der Waals surface area contributed by atoms with Crippen LogP contribution in [0.2, 0.25) is 0 Å². The Morgan fingerprint density at radius 2 is 1.77 bits per heavy atom. The van der Waals surface area contributed by atoms with E-state index in [4.69, 9.17) is 14.2 Å². The van der Waals surface area contributed by atoms with E-state index in [0.29, 0.717) is 18.8 Å². The van der Waals surface area contributed by atoms with Crippen molar-refractivity contribution in [1.82, 2.24) is 4.90 Å². The Labute approximate surface area is 230 Å². The van der Waals surface area contributed by atoms with Crippen molar-refractivity contribution in [2.45, 2.75) is 16.2 Å². The van der Waals surface area contributed by atoms with Crippen molar-refractivity contribution >= 4 is 35.0 Å². The van der Waals surface area contributed by atoms with Crippen LogP contribution < -0.4 is 14.4 Å². The Balaban J connectivity index is 1.76. The highest BCUT2D eigenvalue weighted by Crippen LogP contribution is 2.47. The van der Waals surface area contributed by atoms with E-state index in [0.717, 1.165) is 16.1 Å². The minimum Gasteiger partial charge on any atom is -0.497 e. The van der Waals surface area contributed by atoms with Gasteiger partial charge in [0.1, 0.15) is 5.75 Å². The number of para-hydroxylation sites is 1. The number of ether oxygens (including phenoxy) is 3. The van der Waals surface area contributed by atoms with Crippen LogP contribution in [0.3, 0.4) is 0 Å². The highest BCUT2D eigenvalue weighted by molar-refractivity contribution is 7.99. The number of nitro groups is 1. The van der Waals surface area contributed by atoms with E-state index in [2.05, 4.69) is 0 Å². The lowest BCUT2D eigenvalue weighted by molar-refractivity contribution is -0.385. The number of carbonyl (C=O) groups is 2. The molecule has 3 aromatic rings. The van der Waals surface area contributed by atoms with Crippen molar-refractivity contribution in [1.29, 1.82) is 0 Å². The summed E-state index contributed by atoms with van der Waals surface area (Å²) in [6.45, 7) is 0.982. The Hall–Kier alpha value is -4.09. The number of thioether (sulfide) groups is 1. The molecule has 0 aromatic heterocycles. The first kappa shape index (κ1) is 27.9. The summed E-state index contributed by atoms with van der Waals surface area (Å²) in [7, 11) is 6.69. The first-order valence-electron chi connectivity index (χ1n) is 12.1. The highest BCUT2D eigenvalue weighted by atomic mass is 32.2. The molecule has 4 rings (SSSR count). The minimum absolute atomic E-state index is 0.0327. The predicted molar refractivity (Wildman–Crippen MR) is 148 cm³/mol. The van der Waals surface area contributed by atoms with Gasteiger partial charge in [-0.25, -0.2) is 4.79 Å². The Kier molecular flexibility index (Phi) is 8.72. The zero-order chi connectivity index (χ0) is 28.1. The second kappa shape index (κ2) is 12.2. The number of rotatable bonds is 9. The number of carbonyl (C=O) groups excluding carboxylic acids is 2. The molecular formula is C28H29N3O7S. The number of nitro benzene ring substituents is 1. The van der Waals surface area contributed by atoms with Crippen molar-refractivity contribution in [2.24, 2.45) is 0 Å². The minimum atomic E-state index is -1.19. The van der Waals surface area contributed by atoms with E-state index in [1.807, 2.05) is 55.4 Å². The third kappa shape index (κ3) is 6.15. The monoisotopic (exact) mass is 551 g/mol. The maximum absolute atomic E-state index is 14.1. The van der Waals surface area contributed by atoms with Gasteiger partial charge in [0.15, 0.2) is 11.9 Å². The van der Waals surface area contributed by atoms with Crippen LogP contribution >= 0.6 is 11.8 Å². The molecule has 1 aliphatic rings. The number of methoxy groups -OCH3 is 2. The van der Waals surface area contributed by atoms with Crippen LogP contribution in [0, 0.1) is 10.1 Å². The molecule has 0 aliphatic carbocycles. The number of anilines is 1. The first-order chi connectivity index (χ1) is 18.7. The van der Waals surface area contributed by atoms with Gasteiger partial charge in [0, 0.05) is 30.1 Å². The number of fused-ring (bicyclic) bond motifs is 1. The zero-order valence-electron chi connectivity index (χ0n) is 22.0. The number of benzene rings is 3. The third-order valence-electron chi connectivity index (χ3n) is 6.26. The molecule has 11 heteroatoms. The van der Waals surface area contributed by atoms with E-state index < -0.39 is 22.2 Å². The molecule has 10 nitrogen and oxygen atoms in total. The van der Waals surface area contributed by atoms with Crippen LogP contribution in [0.5, 0.6) is 11.5 Å². The Morgan fingerprint density at radius 3 is 2.41 bits per heavy atom. The zero-order valence-corrected chi connectivity index (χ0v) is 22.8. The van der Waals surface area contributed by atoms with Crippen LogP contribution in [0.4, 0.5) is 11.4 Å². The highest BCUT2D eigenvalue weighted by Gasteiger charge is 2.41. The summed E-state index contributed by atoms with van der Waals surface area (Å²) < 4.78 is 16.3. The predicted octanol–water partition coefficient (Wildman–Crippen LogP) is 4.58. The maximum Gasteiger partial charge on any atom is 0.339 e. The third-order valence-corrected chi connectivity index (χ3v) is 7.63. The fourth-order valence-electron chi connectivity index (χ4n) is 4.20. The second-order valence-electron chi connectivity index (χ2n) is 9.04. The number of hydrogen-bond acceptors (Lipinski definition) is 9. The number of likely N-dealkylation sites (N-methyl/N-ethyl adjacent to an activating group) is 1. The van der Waals surface area contributed by atoms with Crippen LogP contribution in [-0.2, 0) is 9.53 Å². The molecule has 0 spiro atoms. The van der Waals surface area contributed by atoms with Crippen molar-refractivity contribution in [2.75, 3.05) is 46.3 Å². The largest absolute Gasteiger partial charge is 0.497 e. The van der Waals surface area contributed by atoms with Gasteiger partial charge in [-0.2, -0.15) is 0 Å². The van der Waals surface area contributed by atoms with Crippen molar-refractivity contribution in [3.8, 4) is 11.5 Å². The summed E-state index contributed by atoms with van der Waals surface area (Å²) in [6.07, 6.45) is -1.19. The molecule has 0 radical (unpaired) electrons. The van der Waals surface area contributed by atoms with Crippen molar-refractivity contribution < 1.29 is 28.7 Å². The molecule has 204 valence electrons. The maximum atomic E-state index is 14.1. The normalized spacial score (nSPS) is 16.8. The smallest absolute Gasteiger partial charge is 0.339 e. The molecular weight excluding hydrogens is 522 g/mol. The van der Waals surface area contributed by atoms with Gasteiger partial charge in [-0.15, -0.1) is 11.8 Å². The van der Waals surface area contributed by atoms with Gasteiger partial charge in [0.05, 0.1) is 35.6 Å². The van der Waals surface area contributed by atoms with Crippen LogP contribution in [0.25, 0.3) is 0 Å². The van der Waals surface area contributed by atoms with E-state index in [1.165, 1.54) is 37.1 Å². The molecule has 0 bridgehead atoms. The molecule has 0 fully saturated rings. The van der Waals surface area contributed by atoms with E-state index in [-0.39, 0.29) is 22.9 Å². The van der Waals surface area contributed by atoms with Gasteiger partial charge in [-0.3, -0.25) is 14.9 Å². The van der Waals surface area contributed by atoms with Gasteiger partial charge in [0.25, 0.3) is 5.91 Å². The molecule has 39 heavy (non-hydrogen) atoms. The molecule has 0 saturated carbocycles. The lowest BCUT2D eigenvalue weighted by atomic mass is 10.0. The first-order valence-corrected chi connectivity index (χ1v) is 13.0. The number of amides is 1. The summed E-state index contributed by atoms with van der Waals surface area (Å²) >= 11 is 1.44. The number of hydrogen-bond donors (Lipinski definition) is 0. The van der Waals surface area contributed by atoms with Gasteiger partial charge in [-0.05, 0) is 50.0 Å². The molecule has 1 amide bonds. The number of nitrogens with zero attached hydrogens (tertiary/aromatic N) is 3. The number of esters is 1. The van der Waals surface area contributed by atoms with Crippen LogP contribution in [0.1, 0.15) is 21.2 Å². The van der Waals surface area contributed by atoms with E-state index >= 15 is 0 Å². The van der Waals surface area contributed by atoms with E-state index in [1.54, 1.807) is 24.1 Å². The molecule has 0 N–H and O–H groups in total. The fraction of sp³-hybridized carbons (Fsp3) is 0.286. The summed E-state index contributed by atoms with van der Waals surface area (Å²) in [4.78, 5) is 42.7. The topological polar surface area (TPSA) is 111 Å². The van der Waals surface area contributed by atoms with Gasteiger partial charge in [-0.1, -0.05) is 24.3 Å². The molecule has 0 saturated heterocycles. The molecule has 0 unspecified atom stereocenters. The lowest BCUT2D eigenvalue weighted by Gasteiger charge is -2.28. The molecule has 2 atom stereocenters. The molecule has 3 aromatic carbocycles. The average Bonchev–Trinajstić information content (AvgIpc) is 3.05. The van der Waals surface area contributed by atoms with Crippen LogP contribution in [0.15, 0.2) is 71.6 Å². The summed E-state index contributed by atoms with van der Waals surface area (Å²) in [5, 5.41) is 10.7. The fourth-order valence-corrected chi connectivity index (χ4v) is 5.52. The lowest BCUT2D eigenvalue weighted by Crippen LogP contribution is -2.45. The van der Waals surface area contributed by atoms with Gasteiger partial charge >= 0.3 is 11.7 Å². The summed E-state index contributed by atoms with van der Waals surface area (Å²) in [6, 6.07) is 18.6. The standard InChI is InChI=1S/C28H29N3O7S/c1-29(2)15-16-30-22-7-5-6-8-24(22)39-26(18-9-12-20(36-3)13-10-18)25(27(30)32)38-28(33)19-11-14-21(31(34)35)23(17-19)37-4/h5-14,17,25-26H,15-16H2,1-4H3/t25-,26+/m1/s1. The van der Waals surface area contributed by atoms with Crippen molar-refractivity contribution in [3.63, 3.8) is 0 Å². The van der Waals surface area contributed by atoms with Crippen molar-refractivity contribution in [3.05, 3.63) is 88.0 Å². The molecule has 1 heterocycles. The Bertz CT molecular complexity index is 1360. The van der Waals surface area contributed by atoms with Gasteiger partial charge in [0.2, 0.25) is 0 Å². The van der Waals surface area contributed by atoms with Crippen LogP contribution in [-0.4, -0.2) is 69.2 Å². The summed E-state index contributed by atoms with van der Waals surface area (Å²) in [5.41, 5.74) is 1.27. The Morgan fingerprint density at radius 1 is 1.05 bits per heavy atom. The molecule has 1 aliphatic heterocycles. The second-order valence-corrected chi connectivity index (χ2v) is 10.2. The SMILES string of the molecule is COc1ccc([C@@H]2Sc3ccccc3N(CCN(C)C)C(=O)[C@@H]2OC(=O)c2ccc([N+](=O)[O-])c(OC)c2)cc1. The van der Waals surface area contributed by atoms with E-state index in [9.17, 15) is 19.7 Å². The van der Waals surface area contributed by atoms with Gasteiger partial charge < -0.3 is 24.0 Å². The quantitative estimate of drug-likeness (QED) is 0.214.